The fraction of sp³-hybridized carbons (Fsp3) is 0.538. The number of anilines is 1. The molecular formula is C13H17ClN4O2. The molecule has 0 aliphatic carbocycles. The molecule has 1 aromatic rings. The second-order valence-corrected chi connectivity index (χ2v) is 5.61. The Hall–Kier alpha value is -1.37. The first-order chi connectivity index (χ1) is 9.66. The van der Waals surface area contributed by atoms with Gasteiger partial charge < -0.3 is 10.2 Å². The summed E-state index contributed by atoms with van der Waals surface area (Å²) in [6.07, 6.45) is 0. The highest BCUT2D eigenvalue weighted by Crippen LogP contribution is 2.35. The molecule has 3 rings (SSSR count). The van der Waals surface area contributed by atoms with E-state index in [1.165, 1.54) is 6.07 Å². The molecule has 0 atom stereocenters. The minimum Gasteiger partial charge on any atom is -0.362 e. The maximum atomic E-state index is 11.1. The SMILES string of the molecule is O=[N+]([O-])c1cccc(Cl)c1N1CCN(C2CNC2)CC1. The summed E-state index contributed by atoms with van der Waals surface area (Å²) < 4.78 is 0. The molecule has 2 aliphatic rings. The highest BCUT2D eigenvalue weighted by molar-refractivity contribution is 6.33. The highest BCUT2D eigenvalue weighted by Gasteiger charge is 2.30. The summed E-state index contributed by atoms with van der Waals surface area (Å²) in [5.41, 5.74) is 0.654. The largest absolute Gasteiger partial charge is 0.362 e. The lowest BCUT2D eigenvalue weighted by Gasteiger charge is -2.43. The van der Waals surface area contributed by atoms with Crippen LogP contribution in [0.1, 0.15) is 0 Å². The molecule has 0 aromatic heterocycles. The van der Waals surface area contributed by atoms with Crippen LogP contribution in [0.15, 0.2) is 18.2 Å². The molecule has 1 aromatic carbocycles. The lowest BCUT2D eigenvalue weighted by molar-refractivity contribution is -0.384. The van der Waals surface area contributed by atoms with Crippen molar-refractivity contribution in [3.63, 3.8) is 0 Å². The van der Waals surface area contributed by atoms with Crippen LogP contribution in [0.25, 0.3) is 0 Å². The first-order valence-corrected chi connectivity index (χ1v) is 7.17. The first-order valence-electron chi connectivity index (χ1n) is 6.79. The summed E-state index contributed by atoms with van der Waals surface area (Å²) in [5, 5.41) is 14.9. The van der Waals surface area contributed by atoms with E-state index in [1.807, 2.05) is 4.90 Å². The van der Waals surface area contributed by atoms with E-state index in [4.69, 9.17) is 11.6 Å². The number of piperazine rings is 1. The van der Waals surface area contributed by atoms with Crippen LogP contribution < -0.4 is 10.2 Å². The second-order valence-electron chi connectivity index (χ2n) is 5.20. The molecule has 2 aliphatic heterocycles. The molecule has 0 amide bonds. The van der Waals surface area contributed by atoms with Crippen molar-refractivity contribution in [2.45, 2.75) is 6.04 Å². The molecule has 2 heterocycles. The monoisotopic (exact) mass is 296 g/mol. The normalized spacial score (nSPS) is 20.8. The lowest BCUT2D eigenvalue weighted by atomic mass is 10.1. The maximum absolute atomic E-state index is 11.1. The van der Waals surface area contributed by atoms with Gasteiger partial charge in [0.2, 0.25) is 0 Å². The summed E-state index contributed by atoms with van der Waals surface area (Å²) in [6.45, 7) is 5.50. The standard InChI is InChI=1S/C13H17ClN4O2/c14-11-2-1-3-12(18(19)20)13(11)17-6-4-16(5-7-17)10-8-15-9-10/h1-3,10,15H,4-9H2. The van der Waals surface area contributed by atoms with Gasteiger partial charge in [-0.3, -0.25) is 15.0 Å². The zero-order chi connectivity index (χ0) is 14.1. The van der Waals surface area contributed by atoms with Gasteiger partial charge in [-0.2, -0.15) is 0 Å². The number of rotatable bonds is 3. The van der Waals surface area contributed by atoms with Crippen molar-refractivity contribution in [3.8, 4) is 0 Å². The van der Waals surface area contributed by atoms with Gasteiger partial charge in [-0.25, -0.2) is 0 Å². The predicted octanol–water partition coefficient (Wildman–Crippen LogP) is 1.34. The number of hydrogen-bond donors (Lipinski definition) is 1. The van der Waals surface area contributed by atoms with Gasteiger partial charge in [0.15, 0.2) is 0 Å². The van der Waals surface area contributed by atoms with Gasteiger partial charge >= 0.3 is 0 Å². The van der Waals surface area contributed by atoms with Crippen molar-refractivity contribution in [3.05, 3.63) is 33.3 Å². The summed E-state index contributed by atoms with van der Waals surface area (Å²) in [4.78, 5) is 15.3. The van der Waals surface area contributed by atoms with Crippen LogP contribution in [-0.2, 0) is 0 Å². The zero-order valence-electron chi connectivity index (χ0n) is 11.1. The summed E-state index contributed by atoms with van der Waals surface area (Å²) >= 11 is 6.17. The smallest absolute Gasteiger partial charge is 0.294 e. The second kappa shape index (κ2) is 5.55. The van der Waals surface area contributed by atoms with Crippen LogP contribution in [0, 0.1) is 10.1 Å². The fourth-order valence-electron chi connectivity index (χ4n) is 2.81. The van der Waals surface area contributed by atoms with Crippen molar-refractivity contribution in [1.29, 1.82) is 0 Å². The number of nitrogens with zero attached hydrogens (tertiary/aromatic N) is 3. The Morgan fingerprint density at radius 3 is 2.50 bits per heavy atom. The van der Waals surface area contributed by atoms with Crippen LogP contribution in [0.2, 0.25) is 5.02 Å². The van der Waals surface area contributed by atoms with Crippen LogP contribution in [-0.4, -0.2) is 55.1 Å². The van der Waals surface area contributed by atoms with Crippen molar-refractivity contribution in [1.82, 2.24) is 10.2 Å². The topological polar surface area (TPSA) is 61.7 Å². The third-order valence-corrected chi connectivity index (χ3v) is 4.37. The van der Waals surface area contributed by atoms with Gasteiger partial charge in [-0.05, 0) is 6.07 Å². The Kier molecular flexibility index (Phi) is 3.78. The predicted molar refractivity (Wildman–Crippen MR) is 78.6 cm³/mol. The number of halogens is 1. The lowest BCUT2D eigenvalue weighted by Crippen LogP contribution is -2.61. The van der Waals surface area contributed by atoms with Crippen LogP contribution in [0.4, 0.5) is 11.4 Å². The number of nitrogens with one attached hydrogen (secondary N) is 1. The molecule has 1 N–H and O–H groups in total. The Morgan fingerprint density at radius 2 is 1.95 bits per heavy atom. The van der Waals surface area contributed by atoms with Gasteiger partial charge in [-0.15, -0.1) is 0 Å². The third kappa shape index (κ3) is 2.46. The molecular weight excluding hydrogens is 280 g/mol. The molecule has 2 saturated heterocycles. The van der Waals surface area contributed by atoms with E-state index in [0.717, 1.165) is 39.3 Å². The van der Waals surface area contributed by atoms with E-state index in [0.29, 0.717) is 16.8 Å². The summed E-state index contributed by atoms with van der Waals surface area (Å²) in [7, 11) is 0. The quantitative estimate of drug-likeness (QED) is 0.674. The average Bonchev–Trinajstić information content (AvgIpc) is 2.37. The van der Waals surface area contributed by atoms with Gasteiger partial charge in [0.05, 0.1) is 9.95 Å². The Bertz CT molecular complexity index is 513. The number of benzene rings is 1. The van der Waals surface area contributed by atoms with E-state index in [9.17, 15) is 10.1 Å². The van der Waals surface area contributed by atoms with E-state index in [-0.39, 0.29) is 10.6 Å². The van der Waals surface area contributed by atoms with Crippen molar-refractivity contribution in [2.24, 2.45) is 0 Å². The molecule has 0 saturated carbocycles. The Balaban J connectivity index is 1.75. The fourth-order valence-corrected chi connectivity index (χ4v) is 3.10. The van der Waals surface area contributed by atoms with E-state index in [1.54, 1.807) is 12.1 Å². The van der Waals surface area contributed by atoms with E-state index >= 15 is 0 Å². The molecule has 0 unspecified atom stereocenters. The minimum absolute atomic E-state index is 0.0938. The average molecular weight is 297 g/mol. The van der Waals surface area contributed by atoms with Crippen LogP contribution in [0.3, 0.4) is 0 Å². The molecule has 0 bridgehead atoms. The summed E-state index contributed by atoms with van der Waals surface area (Å²) in [6, 6.07) is 5.48. The van der Waals surface area contributed by atoms with E-state index < -0.39 is 0 Å². The van der Waals surface area contributed by atoms with Crippen LogP contribution >= 0.6 is 11.6 Å². The Labute approximate surface area is 122 Å². The van der Waals surface area contributed by atoms with Crippen LogP contribution in [0.5, 0.6) is 0 Å². The number of hydrogen-bond acceptors (Lipinski definition) is 5. The van der Waals surface area contributed by atoms with Crippen molar-refractivity contribution in [2.75, 3.05) is 44.2 Å². The zero-order valence-corrected chi connectivity index (χ0v) is 11.8. The third-order valence-electron chi connectivity index (χ3n) is 4.07. The molecule has 0 radical (unpaired) electrons. The maximum Gasteiger partial charge on any atom is 0.294 e. The first kappa shape index (κ1) is 13.6. The van der Waals surface area contributed by atoms with Crippen molar-refractivity contribution >= 4 is 23.0 Å². The number of nitro benzene ring substituents is 1. The minimum atomic E-state index is -0.358. The number of para-hydroxylation sites is 1. The van der Waals surface area contributed by atoms with Gasteiger partial charge in [-0.1, -0.05) is 17.7 Å². The molecule has 108 valence electrons. The highest BCUT2D eigenvalue weighted by atomic mass is 35.5. The van der Waals surface area contributed by atoms with E-state index in [2.05, 4.69) is 10.2 Å². The number of nitro groups is 1. The molecule has 6 nitrogen and oxygen atoms in total. The summed E-state index contributed by atoms with van der Waals surface area (Å²) in [5.74, 6) is 0. The molecule has 20 heavy (non-hydrogen) atoms. The molecule has 7 heteroatoms. The van der Waals surface area contributed by atoms with Gasteiger partial charge in [0.25, 0.3) is 5.69 Å². The molecule has 0 spiro atoms. The van der Waals surface area contributed by atoms with Gasteiger partial charge in [0.1, 0.15) is 5.69 Å². The van der Waals surface area contributed by atoms with Crippen molar-refractivity contribution < 1.29 is 4.92 Å². The Morgan fingerprint density at radius 1 is 1.25 bits per heavy atom. The molecule has 2 fully saturated rings. The van der Waals surface area contributed by atoms with Gasteiger partial charge in [0, 0.05) is 51.4 Å².